The van der Waals surface area contributed by atoms with Crippen molar-refractivity contribution in [3.63, 3.8) is 0 Å². The molecule has 2 atom stereocenters. The summed E-state index contributed by atoms with van der Waals surface area (Å²) in [6.45, 7) is 5.44. The van der Waals surface area contributed by atoms with Crippen LogP contribution in [0.5, 0.6) is 0 Å². The van der Waals surface area contributed by atoms with E-state index in [0.29, 0.717) is 19.4 Å². The average Bonchev–Trinajstić information content (AvgIpc) is 3.13. The third-order valence-electron chi connectivity index (χ3n) is 4.43. The molecule has 1 aliphatic rings. The topological polar surface area (TPSA) is 128 Å². The van der Waals surface area contributed by atoms with Crippen molar-refractivity contribution in [1.82, 2.24) is 10.2 Å². The summed E-state index contributed by atoms with van der Waals surface area (Å²) in [5.74, 6) is -1.86. The molecule has 0 bridgehead atoms. The zero-order chi connectivity index (χ0) is 22.3. The molecule has 0 unspecified atom stereocenters. The van der Waals surface area contributed by atoms with Gasteiger partial charge in [-0.3, -0.25) is 9.59 Å². The molecule has 30 heavy (non-hydrogen) atoms. The number of nitrogens with one attached hydrogen (secondary N) is 1. The van der Waals surface area contributed by atoms with E-state index in [4.69, 9.17) is 15.2 Å². The van der Waals surface area contributed by atoms with E-state index in [1.165, 1.54) is 4.90 Å². The number of ether oxygens (including phenoxy) is 2. The predicted molar refractivity (Wildman–Crippen MR) is 108 cm³/mol. The van der Waals surface area contributed by atoms with Crippen LogP contribution in [-0.2, 0) is 30.5 Å². The summed E-state index contributed by atoms with van der Waals surface area (Å²) in [6.07, 6.45) is -0.202. The fourth-order valence-corrected chi connectivity index (χ4v) is 3.15. The second kappa shape index (κ2) is 10.1. The first-order valence-electron chi connectivity index (χ1n) is 9.85. The fourth-order valence-electron chi connectivity index (χ4n) is 3.15. The summed E-state index contributed by atoms with van der Waals surface area (Å²) < 4.78 is 10.5. The molecule has 0 aromatic heterocycles. The maximum atomic E-state index is 13.0. The molecule has 164 valence electrons. The standard InChI is InChI=1S/C21H29N3O6/c1-21(2,3)30-20(28)23-15(12-17(22)25)18(26)24-11-7-10-16(24)19(27)29-13-14-8-5-4-6-9-14/h4-6,8-9,15-16H,7,10-13H2,1-3H3,(H2,22,25)(H,23,28)/t15-,16-/m0/s1. The van der Waals surface area contributed by atoms with Crippen LogP contribution in [0.1, 0.15) is 45.6 Å². The monoisotopic (exact) mass is 419 g/mol. The molecule has 3 N–H and O–H groups in total. The Labute approximate surface area is 175 Å². The number of nitrogens with zero attached hydrogens (tertiary/aromatic N) is 1. The van der Waals surface area contributed by atoms with Crippen LogP contribution in [0.3, 0.4) is 0 Å². The van der Waals surface area contributed by atoms with E-state index in [2.05, 4.69) is 5.32 Å². The molecular formula is C21H29N3O6. The lowest BCUT2D eigenvalue weighted by Gasteiger charge is -2.28. The van der Waals surface area contributed by atoms with E-state index in [9.17, 15) is 19.2 Å². The number of primary amides is 1. The van der Waals surface area contributed by atoms with Crippen molar-refractivity contribution in [1.29, 1.82) is 0 Å². The molecule has 1 aromatic rings. The Hall–Kier alpha value is -3.10. The molecule has 2 rings (SSSR count). The lowest BCUT2D eigenvalue weighted by atomic mass is 10.1. The van der Waals surface area contributed by atoms with Gasteiger partial charge in [-0.1, -0.05) is 30.3 Å². The number of hydrogen-bond acceptors (Lipinski definition) is 6. The van der Waals surface area contributed by atoms with E-state index in [-0.39, 0.29) is 6.61 Å². The van der Waals surface area contributed by atoms with Gasteiger partial charge in [0.25, 0.3) is 0 Å². The number of carbonyl (C=O) groups excluding carboxylic acids is 4. The second-order valence-electron chi connectivity index (χ2n) is 8.15. The molecular weight excluding hydrogens is 390 g/mol. The van der Waals surface area contributed by atoms with Gasteiger partial charge in [0.15, 0.2) is 0 Å². The highest BCUT2D eigenvalue weighted by atomic mass is 16.6. The number of amides is 3. The summed E-state index contributed by atoms with van der Waals surface area (Å²) in [7, 11) is 0. The molecule has 3 amide bonds. The molecule has 1 aromatic carbocycles. The minimum atomic E-state index is -1.22. The van der Waals surface area contributed by atoms with Crippen LogP contribution >= 0.6 is 0 Å². The molecule has 1 saturated heterocycles. The molecule has 9 nitrogen and oxygen atoms in total. The molecule has 0 saturated carbocycles. The SMILES string of the molecule is CC(C)(C)OC(=O)N[C@@H](CC(N)=O)C(=O)N1CCC[C@H]1C(=O)OCc1ccccc1. The maximum absolute atomic E-state index is 13.0. The fraction of sp³-hybridized carbons (Fsp3) is 0.524. The molecule has 9 heteroatoms. The Morgan fingerprint density at radius 2 is 1.87 bits per heavy atom. The van der Waals surface area contributed by atoms with E-state index in [1.54, 1.807) is 20.8 Å². The maximum Gasteiger partial charge on any atom is 0.408 e. The Morgan fingerprint density at radius 3 is 2.47 bits per heavy atom. The van der Waals surface area contributed by atoms with E-state index < -0.39 is 48.0 Å². The molecule has 0 spiro atoms. The first kappa shape index (κ1) is 23.2. The number of likely N-dealkylation sites (tertiary alicyclic amines) is 1. The molecule has 1 aliphatic heterocycles. The summed E-state index contributed by atoms with van der Waals surface area (Å²) in [4.78, 5) is 50.4. The first-order chi connectivity index (χ1) is 14.1. The molecule has 1 fully saturated rings. The van der Waals surface area contributed by atoms with Gasteiger partial charge in [0.1, 0.15) is 24.3 Å². The van der Waals surface area contributed by atoms with Crippen LogP contribution in [0.2, 0.25) is 0 Å². The Balaban J connectivity index is 2.04. The highest BCUT2D eigenvalue weighted by Crippen LogP contribution is 2.21. The van der Waals surface area contributed by atoms with Crippen molar-refractivity contribution in [3.8, 4) is 0 Å². The zero-order valence-corrected chi connectivity index (χ0v) is 17.6. The van der Waals surface area contributed by atoms with Crippen molar-refractivity contribution in [3.05, 3.63) is 35.9 Å². The Morgan fingerprint density at radius 1 is 1.20 bits per heavy atom. The van der Waals surface area contributed by atoms with Gasteiger partial charge in [-0.2, -0.15) is 0 Å². The summed E-state index contributed by atoms with van der Waals surface area (Å²) in [6, 6.07) is 7.20. The highest BCUT2D eigenvalue weighted by molar-refractivity contribution is 5.93. The van der Waals surface area contributed by atoms with Gasteiger partial charge in [0.05, 0.1) is 6.42 Å². The number of esters is 1. The highest BCUT2D eigenvalue weighted by Gasteiger charge is 2.39. The van der Waals surface area contributed by atoms with Crippen LogP contribution in [0, 0.1) is 0 Å². The Bertz CT molecular complexity index is 775. The van der Waals surface area contributed by atoms with Gasteiger partial charge in [-0.15, -0.1) is 0 Å². The van der Waals surface area contributed by atoms with E-state index >= 15 is 0 Å². The van der Waals surface area contributed by atoms with Gasteiger partial charge in [-0.25, -0.2) is 9.59 Å². The number of alkyl carbamates (subject to hydrolysis) is 1. The number of nitrogens with two attached hydrogens (primary N) is 1. The van der Waals surface area contributed by atoms with Crippen molar-refractivity contribution in [2.24, 2.45) is 5.73 Å². The third kappa shape index (κ3) is 7.06. The van der Waals surface area contributed by atoms with Gasteiger partial charge >= 0.3 is 12.1 Å². The van der Waals surface area contributed by atoms with Gasteiger partial charge in [0, 0.05) is 6.54 Å². The minimum absolute atomic E-state index is 0.0963. The van der Waals surface area contributed by atoms with Crippen molar-refractivity contribution in [2.75, 3.05) is 6.54 Å². The lowest BCUT2D eigenvalue weighted by molar-refractivity contribution is -0.155. The van der Waals surface area contributed by atoms with E-state index in [0.717, 1.165) is 5.56 Å². The van der Waals surface area contributed by atoms with Gasteiger partial charge < -0.3 is 25.4 Å². The number of rotatable bonds is 7. The number of carbonyl (C=O) groups is 4. The second-order valence-corrected chi connectivity index (χ2v) is 8.15. The van der Waals surface area contributed by atoms with Crippen LogP contribution in [0.4, 0.5) is 4.79 Å². The largest absolute Gasteiger partial charge is 0.459 e. The molecule has 1 heterocycles. The Kier molecular flexibility index (Phi) is 7.79. The smallest absolute Gasteiger partial charge is 0.408 e. The number of hydrogen-bond donors (Lipinski definition) is 2. The van der Waals surface area contributed by atoms with Gasteiger partial charge in [-0.05, 0) is 39.2 Å². The van der Waals surface area contributed by atoms with Crippen LogP contribution in [0.15, 0.2) is 30.3 Å². The molecule has 0 aliphatic carbocycles. The van der Waals surface area contributed by atoms with Crippen LogP contribution in [0.25, 0.3) is 0 Å². The summed E-state index contributed by atoms with van der Waals surface area (Å²) in [5.41, 5.74) is 5.30. The summed E-state index contributed by atoms with van der Waals surface area (Å²) in [5, 5.41) is 2.39. The lowest BCUT2D eigenvalue weighted by Crippen LogP contribution is -2.53. The van der Waals surface area contributed by atoms with E-state index in [1.807, 2.05) is 30.3 Å². The van der Waals surface area contributed by atoms with Crippen molar-refractivity contribution >= 4 is 23.9 Å². The quantitative estimate of drug-likeness (QED) is 0.645. The minimum Gasteiger partial charge on any atom is -0.459 e. The first-order valence-corrected chi connectivity index (χ1v) is 9.85. The van der Waals surface area contributed by atoms with Crippen LogP contribution in [-0.4, -0.2) is 53.0 Å². The average molecular weight is 419 g/mol. The zero-order valence-electron chi connectivity index (χ0n) is 17.6. The third-order valence-corrected chi connectivity index (χ3v) is 4.43. The molecule has 0 radical (unpaired) electrons. The van der Waals surface area contributed by atoms with Crippen LogP contribution < -0.4 is 11.1 Å². The predicted octanol–water partition coefficient (Wildman–Crippen LogP) is 1.49. The van der Waals surface area contributed by atoms with Crippen molar-refractivity contribution in [2.45, 2.75) is 64.3 Å². The van der Waals surface area contributed by atoms with Crippen molar-refractivity contribution < 1.29 is 28.7 Å². The number of benzene rings is 1. The van der Waals surface area contributed by atoms with Gasteiger partial charge in [0.2, 0.25) is 11.8 Å². The summed E-state index contributed by atoms with van der Waals surface area (Å²) >= 11 is 0. The normalized spacial score (nSPS) is 17.2.